The highest BCUT2D eigenvalue weighted by Gasteiger charge is 2.17. The molecule has 2 aromatic carbocycles. The van der Waals surface area contributed by atoms with Crippen LogP contribution in [0.5, 0.6) is 5.75 Å². The predicted octanol–water partition coefficient (Wildman–Crippen LogP) is 3.37. The van der Waals surface area contributed by atoms with Crippen molar-refractivity contribution in [3.05, 3.63) is 64.7 Å². The minimum absolute atomic E-state index is 0.0942. The van der Waals surface area contributed by atoms with Crippen LogP contribution in [0.1, 0.15) is 22.8 Å². The number of carbonyl (C=O) groups excluding carboxylic acids is 1. The van der Waals surface area contributed by atoms with E-state index in [1.165, 1.54) is 0 Å². The van der Waals surface area contributed by atoms with E-state index in [2.05, 4.69) is 17.1 Å². The van der Waals surface area contributed by atoms with Gasteiger partial charge in [0.25, 0.3) is 5.91 Å². The zero-order chi connectivity index (χ0) is 19.1. The summed E-state index contributed by atoms with van der Waals surface area (Å²) in [5.74, 6) is 0.562. The third-order valence-corrected chi connectivity index (χ3v) is 4.85. The maximum atomic E-state index is 12.5. The number of hydrogen-bond acceptors (Lipinski definition) is 4. The van der Waals surface area contributed by atoms with E-state index in [0.29, 0.717) is 29.5 Å². The van der Waals surface area contributed by atoms with Gasteiger partial charge in [-0.05, 0) is 42.8 Å². The van der Waals surface area contributed by atoms with Crippen LogP contribution in [0.4, 0.5) is 0 Å². The number of nitrogens with zero attached hydrogens (tertiary/aromatic N) is 1. The first-order chi connectivity index (χ1) is 13.1. The summed E-state index contributed by atoms with van der Waals surface area (Å²) in [5, 5.41) is 3.69. The molecule has 1 N–H and O–H groups in total. The predicted molar refractivity (Wildman–Crippen MR) is 106 cm³/mol. The molecule has 1 aliphatic heterocycles. The number of rotatable bonds is 7. The summed E-state index contributed by atoms with van der Waals surface area (Å²) in [6, 6.07) is 15.0. The molecule has 0 bridgehead atoms. The molecule has 1 atom stereocenters. The summed E-state index contributed by atoms with van der Waals surface area (Å²) in [7, 11) is 0. The van der Waals surface area contributed by atoms with Gasteiger partial charge in [-0.2, -0.15) is 0 Å². The lowest BCUT2D eigenvalue weighted by Crippen LogP contribution is -2.47. The molecule has 0 radical (unpaired) electrons. The van der Waals surface area contributed by atoms with Gasteiger partial charge < -0.3 is 14.8 Å². The number of nitrogens with one attached hydrogen (secondary N) is 1. The molecule has 0 saturated carbocycles. The van der Waals surface area contributed by atoms with Crippen molar-refractivity contribution in [1.82, 2.24) is 10.2 Å². The average molecular weight is 389 g/mol. The van der Waals surface area contributed by atoms with E-state index >= 15 is 0 Å². The second-order valence-corrected chi connectivity index (χ2v) is 7.09. The molecular formula is C21H25ClN2O3. The van der Waals surface area contributed by atoms with Crippen molar-refractivity contribution in [3.63, 3.8) is 0 Å². The normalized spacial score (nSPS) is 15.9. The number of amides is 1. The minimum atomic E-state index is -0.0942. The van der Waals surface area contributed by atoms with Gasteiger partial charge in [-0.1, -0.05) is 29.8 Å². The zero-order valence-corrected chi connectivity index (χ0v) is 16.2. The number of benzene rings is 2. The van der Waals surface area contributed by atoms with E-state index in [-0.39, 0.29) is 11.9 Å². The van der Waals surface area contributed by atoms with Crippen molar-refractivity contribution in [2.24, 2.45) is 0 Å². The second-order valence-electron chi connectivity index (χ2n) is 6.65. The van der Waals surface area contributed by atoms with Crippen molar-refractivity contribution in [1.29, 1.82) is 0 Å². The monoisotopic (exact) mass is 388 g/mol. The van der Waals surface area contributed by atoms with Gasteiger partial charge in [0.05, 0.1) is 13.2 Å². The highest BCUT2D eigenvalue weighted by atomic mass is 35.5. The fraction of sp³-hybridized carbons (Fsp3) is 0.381. The maximum Gasteiger partial charge on any atom is 0.251 e. The van der Waals surface area contributed by atoms with Gasteiger partial charge in [-0.3, -0.25) is 9.69 Å². The third-order valence-electron chi connectivity index (χ3n) is 4.62. The molecule has 1 fully saturated rings. The van der Waals surface area contributed by atoms with Gasteiger partial charge in [0.2, 0.25) is 0 Å². The van der Waals surface area contributed by atoms with Crippen LogP contribution in [-0.2, 0) is 11.3 Å². The summed E-state index contributed by atoms with van der Waals surface area (Å²) in [6.45, 7) is 6.45. The Kier molecular flexibility index (Phi) is 7.10. The molecule has 2 aromatic rings. The average Bonchev–Trinajstić information content (AvgIpc) is 2.71. The van der Waals surface area contributed by atoms with Crippen molar-refractivity contribution in [3.8, 4) is 5.75 Å². The SMILES string of the molecule is CC(CNC(=O)c1cccc(OCc2cccc(Cl)c2)c1)N1CCOCC1. The molecular weight excluding hydrogens is 364 g/mol. The smallest absolute Gasteiger partial charge is 0.251 e. The summed E-state index contributed by atoms with van der Waals surface area (Å²) >= 11 is 5.99. The third kappa shape index (κ3) is 5.96. The molecule has 144 valence electrons. The molecule has 1 aliphatic rings. The fourth-order valence-electron chi connectivity index (χ4n) is 3.01. The van der Waals surface area contributed by atoms with Crippen LogP contribution in [0.3, 0.4) is 0 Å². The number of hydrogen-bond donors (Lipinski definition) is 1. The second kappa shape index (κ2) is 9.74. The highest BCUT2D eigenvalue weighted by Crippen LogP contribution is 2.17. The van der Waals surface area contributed by atoms with Crippen molar-refractivity contribution in [2.75, 3.05) is 32.8 Å². The molecule has 6 heteroatoms. The maximum absolute atomic E-state index is 12.5. The van der Waals surface area contributed by atoms with Crippen LogP contribution in [0, 0.1) is 0 Å². The topological polar surface area (TPSA) is 50.8 Å². The Morgan fingerprint density at radius 1 is 1.22 bits per heavy atom. The van der Waals surface area contributed by atoms with Crippen LogP contribution in [0.25, 0.3) is 0 Å². The summed E-state index contributed by atoms with van der Waals surface area (Å²) in [5.41, 5.74) is 1.57. The molecule has 3 rings (SSSR count). The Morgan fingerprint density at radius 3 is 2.78 bits per heavy atom. The Morgan fingerprint density at radius 2 is 2.00 bits per heavy atom. The quantitative estimate of drug-likeness (QED) is 0.790. The molecule has 1 unspecified atom stereocenters. The molecule has 0 aliphatic carbocycles. The van der Waals surface area contributed by atoms with E-state index in [0.717, 1.165) is 31.9 Å². The van der Waals surface area contributed by atoms with E-state index in [9.17, 15) is 4.79 Å². The van der Waals surface area contributed by atoms with Crippen molar-refractivity contribution < 1.29 is 14.3 Å². The fourth-order valence-corrected chi connectivity index (χ4v) is 3.22. The Labute approximate surface area is 165 Å². The van der Waals surface area contributed by atoms with Crippen molar-refractivity contribution >= 4 is 17.5 Å². The Hall–Kier alpha value is -2.08. The van der Waals surface area contributed by atoms with Gasteiger partial charge >= 0.3 is 0 Å². The van der Waals surface area contributed by atoms with Crippen LogP contribution in [-0.4, -0.2) is 49.7 Å². The lowest BCUT2D eigenvalue weighted by atomic mass is 10.2. The standard InChI is InChI=1S/C21H25ClN2O3/c1-16(24-8-10-26-11-9-24)14-23-21(25)18-5-3-7-20(13-18)27-15-17-4-2-6-19(22)12-17/h2-7,12-13,16H,8-11,14-15H2,1H3,(H,23,25). The highest BCUT2D eigenvalue weighted by molar-refractivity contribution is 6.30. The lowest BCUT2D eigenvalue weighted by Gasteiger charge is -2.32. The first-order valence-electron chi connectivity index (χ1n) is 9.19. The summed E-state index contributed by atoms with van der Waals surface area (Å²) in [4.78, 5) is 14.8. The number of carbonyl (C=O) groups is 1. The first kappa shape index (κ1) is 19.7. The minimum Gasteiger partial charge on any atom is -0.489 e. The van der Waals surface area contributed by atoms with Crippen LogP contribution in [0.2, 0.25) is 5.02 Å². The molecule has 0 spiro atoms. The molecule has 0 aromatic heterocycles. The summed E-state index contributed by atoms with van der Waals surface area (Å²) < 4.78 is 11.2. The lowest BCUT2D eigenvalue weighted by molar-refractivity contribution is 0.0204. The zero-order valence-electron chi connectivity index (χ0n) is 15.5. The number of morpholine rings is 1. The molecule has 1 saturated heterocycles. The van der Waals surface area contributed by atoms with Crippen LogP contribution in [0.15, 0.2) is 48.5 Å². The van der Waals surface area contributed by atoms with E-state index in [4.69, 9.17) is 21.1 Å². The van der Waals surface area contributed by atoms with Gasteiger partial charge in [-0.15, -0.1) is 0 Å². The van der Waals surface area contributed by atoms with Crippen molar-refractivity contribution in [2.45, 2.75) is 19.6 Å². The van der Waals surface area contributed by atoms with Crippen LogP contribution >= 0.6 is 11.6 Å². The molecule has 1 heterocycles. The van der Waals surface area contributed by atoms with Gasteiger partial charge in [-0.25, -0.2) is 0 Å². The van der Waals surface area contributed by atoms with Crippen LogP contribution < -0.4 is 10.1 Å². The van der Waals surface area contributed by atoms with E-state index in [1.807, 2.05) is 36.4 Å². The number of halogens is 1. The molecule has 5 nitrogen and oxygen atoms in total. The first-order valence-corrected chi connectivity index (χ1v) is 9.57. The van der Waals surface area contributed by atoms with Gasteiger partial charge in [0.15, 0.2) is 0 Å². The van der Waals surface area contributed by atoms with E-state index in [1.54, 1.807) is 12.1 Å². The van der Waals surface area contributed by atoms with E-state index < -0.39 is 0 Å². The van der Waals surface area contributed by atoms with Gasteiger partial charge in [0.1, 0.15) is 12.4 Å². The summed E-state index contributed by atoms with van der Waals surface area (Å²) in [6.07, 6.45) is 0. The Balaban J connectivity index is 1.52. The Bertz CT molecular complexity index is 763. The molecule has 1 amide bonds. The molecule has 27 heavy (non-hydrogen) atoms. The van der Waals surface area contributed by atoms with Gasteiger partial charge in [0, 0.05) is 36.3 Å². The number of ether oxygens (including phenoxy) is 2. The largest absolute Gasteiger partial charge is 0.489 e.